The smallest absolute Gasteiger partial charge is 0.335 e. The molecule has 1 aliphatic heterocycles. The fraction of sp³-hybridized carbons (Fsp3) is 0.316. The molecule has 0 saturated carbocycles. The Labute approximate surface area is 166 Å². The number of rotatable bonds is 4. The van der Waals surface area contributed by atoms with Crippen LogP contribution in [-0.2, 0) is 20.7 Å². The maximum absolute atomic E-state index is 13.1. The number of anilines is 1. The minimum absolute atomic E-state index is 0.0328. The molecule has 10 heteroatoms. The number of fused-ring (bicyclic) bond motifs is 2. The van der Waals surface area contributed by atoms with Gasteiger partial charge < -0.3 is 25.1 Å². The Kier molecular flexibility index (Phi) is 4.53. The van der Waals surface area contributed by atoms with Crippen LogP contribution >= 0.6 is 0 Å². The van der Waals surface area contributed by atoms with Crippen LogP contribution in [0.25, 0.3) is 11.2 Å². The van der Waals surface area contributed by atoms with Gasteiger partial charge in [0, 0.05) is 6.42 Å². The van der Waals surface area contributed by atoms with Crippen molar-refractivity contribution in [3.05, 3.63) is 42.5 Å². The lowest BCUT2D eigenvalue weighted by Crippen LogP contribution is -2.62. The maximum Gasteiger partial charge on any atom is 0.335 e. The number of carbonyl (C=O) groups excluding carboxylic acids is 2. The molecular weight excluding hydrogens is 376 g/mol. The molecule has 0 saturated heterocycles. The van der Waals surface area contributed by atoms with E-state index in [1.165, 1.54) is 19.8 Å². The van der Waals surface area contributed by atoms with Gasteiger partial charge in [-0.2, -0.15) is 0 Å². The van der Waals surface area contributed by atoms with Gasteiger partial charge in [-0.25, -0.2) is 19.7 Å². The predicted octanol–water partition coefficient (Wildman–Crippen LogP) is 0.633. The van der Waals surface area contributed by atoms with Gasteiger partial charge in [-0.05, 0) is 18.6 Å². The molecule has 1 aliphatic rings. The van der Waals surface area contributed by atoms with Crippen LogP contribution in [0.5, 0.6) is 5.75 Å². The van der Waals surface area contributed by atoms with Crippen LogP contribution in [0.4, 0.5) is 5.82 Å². The van der Waals surface area contributed by atoms with Crippen molar-refractivity contribution in [1.29, 1.82) is 0 Å². The number of carbonyl (C=O) groups is 2. The van der Waals surface area contributed by atoms with E-state index in [1.54, 1.807) is 11.5 Å². The maximum atomic E-state index is 13.1. The van der Waals surface area contributed by atoms with Gasteiger partial charge in [-0.15, -0.1) is 0 Å². The predicted molar refractivity (Wildman–Crippen MR) is 103 cm³/mol. The van der Waals surface area contributed by atoms with E-state index in [4.69, 9.17) is 15.2 Å². The third-order valence-electron chi connectivity index (χ3n) is 5.06. The first-order valence-corrected chi connectivity index (χ1v) is 8.99. The molecule has 2 unspecified atom stereocenters. The summed E-state index contributed by atoms with van der Waals surface area (Å²) in [7, 11) is 1.28. The first-order chi connectivity index (χ1) is 13.9. The van der Waals surface area contributed by atoms with Crippen LogP contribution < -0.4 is 15.8 Å². The monoisotopic (exact) mass is 396 g/mol. The van der Waals surface area contributed by atoms with Crippen molar-refractivity contribution in [2.75, 3.05) is 19.5 Å². The van der Waals surface area contributed by atoms with Crippen molar-refractivity contribution in [3.8, 4) is 5.75 Å². The zero-order valence-electron chi connectivity index (χ0n) is 16.0. The number of nitrogens with zero attached hydrogens (tertiary/aromatic N) is 4. The van der Waals surface area contributed by atoms with Crippen molar-refractivity contribution >= 4 is 28.9 Å². The second kappa shape index (κ2) is 7.04. The molecule has 1 amide bonds. The molecule has 3 N–H and O–H groups in total. The van der Waals surface area contributed by atoms with E-state index in [0.29, 0.717) is 16.9 Å². The van der Waals surface area contributed by atoms with Gasteiger partial charge in [0.15, 0.2) is 17.0 Å². The molecule has 150 valence electrons. The topological polar surface area (TPSA) is 134 Å². The Morgan fingerprint density at radius 3 is 2.90 bits per heavy atom. The number of nitrogens with two attached hydrogens (primary N) is 1. The second-order valence-corrected chi connectivity index (χ2v) is 6.90. The standard InChI is InChI=1S/C19H20N6O4/c1-11(25-10-23-14-15(20)21-9-22-16(14)25)17(26)24-19(18(27)28-2)7-12-5-3-4-6-13(12)29-8-19/h3-6,9-11H,7-8H2,1-2H3,(H,24,26)(H2,20,21,22). The summed E-state index contributed by atoms with van der Waals surface area (Å²) in [5, 5.41) is 2.83. The van der Waals surface area contributed by atoms with Crippen molar-refractivity contribution in [2.24, 2.45) is 0 Å². The number of methoxy groups -OCH3 is 1. The first kappa shape index (κ1) is 18.7. The quantitative estimate of drug-likeness (QED) is 0.613. The van der Waals surface area contributed by atoms with Crippen LogP contribution in [-0.4, -0.2) is 50.7 Å². The number of aromatic nitrogens is 4. The molecule has 3 aromatic rings. The average Bonchev–Trinajstić information content (AvgIpc) is 3.17. The van der Waals surface area contributed by atoms with Crippen molar-refractivity contribution < 1.29 is 19.1 Å². The number of imidazole rings is 1. The molecule has 0 bridgehead atoms. The molecule has 2 aromatic heterocycles. The van der Waals surface area contributed by atoms with E-state index in [-0.39, 0.29) is 18.8 Å². The number of hydrogen-bond acceptors (Lipinski definition) is 8. The van der Waals surface area contributed by atoms with E-state index < -0.39 is 23.5 Å². The van der Waals surface area contributed by atoms with E-state index in [2.05, 4.69) is 20.3 Å². The lowest BCUT2D eigenvalue weighted by atomic mass is 9.88. The summed E-state index contributed by atoms with van der Waals surface area (Å²) in [6, 6.07) is 6.66. The molecule has 3 heterocycles. The average molecular weight is 396 g/mol. The third-order valence-corrected chi connectivity index (χ3v) is 5.06. The van der Waals surface area contributed by atoms with Crippen LogP contribution in [0.15, 0.2) is 36.9 Å². The van der Waals surface area contributed by atoms with Crippen molar-refractivity contribution in [1.82, 2.24) is 24.8 Å². The third kappa shape index (κ3) is 3.12. The highest BCUT2D eigenvalue weighted by molar-refractivity contribution is 5.91. The van der Waals surface area contributed by atoms with Crippen LogP contribution in [0.3, 0.4) is 0 Å². The molecule has 29 heavy (non-hydrogen) atoms. The molecule has 2 atom stereocenters. The largest absolute Gasteiger partial charge is 0.490 e. The van der Waals surface area contributed by atoms with E-state index in [9.17, 15) is 9.59 Å². The molecule has 0 aliphatic carbocycles. The number of esters is 1. The number of ether oxygens (including phenoxy) is 2. The Hall–Kier alpha value is -3.69. The summed E-state index contributed by atoms with van der Waals surface area (Å²) in [5.74, 6) is -0.0729. The zero-order chi connectivity index (χ0) is 20.6. The van der Waals surface area contributed by atoms with E-state index >= 15 is 0 Å². The van der Waals surface area contributed by atoms with E-state index in [1.807, 2.05) is 24.3 Å². The number of benzene rings is 1. The Bertz CT molecular complexity index is 1100. The molecule has 0 radical (unpaired) electrons. The molecular formula is C19H20N6O4. The van der Waals surface area contributed by atoms with Crippen LogP contribution in [0.2, 0.25) is 0 Å². The highest BCUT2D eigenvalue weighted by Crippen LogP contribution is 2.30. The molecule has 0 spiro atoms. The summed E-state index contributed by atoms with van der Waals surface area (Å²) in [5.41, 5.74) is 6.13. The lowest BCUT2D eigenvalue weighted by Gasteiger charge is -2.36. The number of para-hydroxylation sites is 1. The van der Waals surface area contributed by atoms with Gasteiger partial charge in [0.05, 0.1) is 13.4 Å². The van der Waals surface area contributed by atoms with Gasteiger partial charge in [0.25, 0.3) is 0 Å². The summed E-state index contributed by atoms with van der Waals surface area (Å²) in [6.45, 7) is 1.65. The highest BCUT2D eigenvalue weighted by Gasteiger charge is 2.46. The minimum Gasteiger partial charge on any atom is -0.490 e. The lowest BCUT2D eigenvalue weighted by molar-refractivity contribution is -0.153. The van der Waals surface area contributed by atoms with Crippen molar-refractivity contribution in [2.45, 2.75) is 24.9 Å². The normalized spacial score (nSPS) is 19.1. The Morgan fingerprint density at radius 1 is 1.31 bits per heavy atom. The van der Waals surface area contributed by atoms with Gasteiger partial charge >= 0.3 is 5.97 Å². The highest BCUT2D eigenvalue weighted by atomic mass is 16.5. The summed E-state index contributed by atoms with van der Waals surface area (Å²) in [4.78, 5) is 37.9. The van der Waals surface area contributed by atoms with Gasteiger partial charge in [-0.1, -0.05) is 18.2 Å². The number of hydrogen-bond donors (Lipinski definition) is 2. The summed E-state index contributed by atoms with van der Waals surface area (Å²) < 4.78 is 12.3. The summed E-state index contributed by atoms with van der Waals surface area (Å²) in [6.07, 6.45) is 3.04. The first-order valence-electron chi connectivity index (χ1n) is 8.99. The molecule has 1 aromatic carbocycles. The molecule has 4 rings (SSSR count). The second-order valence-electron chi connectivity index (χ2n) is 6.90. The van der Waals surface area contributed by atoms with Crippen molar-refractivity contribution in [3.63, 3.8) is 0 Å². The SMILES string of the molecule is COC(=O)C1(NC(=O)C(C)n2cnc3c(N)ncnc32)COc2ccccc2C1. The number of nitrogen functional groups attached to an aromatic ring is 1. The van der Waals surface area contributed by atoms with Crippen LogP contribution in [0, 0.1) is 0 Å². The minimum atomic E-state index is -1.33. The number of nitrogens with one attached hydrogen (secondary N) is 1. The Morgan fingerprint density at radius 2 is 2.10 bits per heavy atom. The number of amides is 1. The molecule has 10 nitrogen and oxygen atoms in total. The van der Waals surface area contributed by atoms with Gasteiger partial charge in [0.1, 0.15) is 30.2 Å². The molecule has 0 fully saturated rings. The zero-order valence-corrected chi connectivity index (χ0v) is 16.0. The summed E-state index contributed by atoms with van der Waals surface area (Å²) >= 11 is 0. The van der Waals surface area contributed by atoms with Gasteiger partial charge in [-0.3, -0.25) is 4.79 Å². The fourth-order valence-corrected chi connectivity index (χ4v) is 3.45. The van der Waals surface area contributed by atoms with Crippen LogP contribution in [0.1, 0.15) is 18.5 Å². The van der Waals surface area contributed by atoms with E-state index in [0.717, 1.165) is 5.56 Å². The van der Waals surface area contributed by atoms with Gasteiger partial charge in [0.2, 0.25) is 5.91 Å². The fourth-order valence-electron chi connectivity index (χ4n) is 3.45. The Balaban J connectivity index is 1.63.